The molecule has 2 N–H and O–H groups in total. The highest BCUT2D eigenvalue weighted by Gasteiger charge is 2.27. The maximum Gasteiger partial charge on any atom is 0.287 e. The quantitative estimate of drug-likeness (QED) is 0.852. The Morgan fingerprint density at radius 2 is 2.35 bits per heavy atom. The molecule has 0 bridgehead atoms. The van der Waals surface area contributed by atoms with E-state index in [1.165, 1.54) is 4.68 Å². The summed E-state index contributed by atoms with van der Waals surface area (Å²) in [5.41, 5.74) is 0.291. The number of aliphatic hydroxyl groups is 1. The first kappa shape index (κ1) is 12.4. The summed E-state index contributed by atoms with van der Waals surface area (Å²) in [6, 6.07) is 0.186. The minimum Gasteiger partial charge on any atom is -0.393 e. The van der Waals surface area contributed by atoms with Crippen LogP contribution in [-0.2, 0) is 6.54 Å². The molecule has 0 saturated heterocycles. The minimum atomic E-state index is -0.265. The van der Waals surface area contributed by atoms with Crippen LogP contribution in [0, 0.1) is 0 Å². The van der Waals surface area contributed by atoms with Gasteiger partial charge < -0.3 is 10.4 Å². The number of rotatable bonds is 4. The number of aryl methyl sites for hydroxylation is 1. The molecule has 1 aliphatic rings. The first-order valence-corrected chi connectivity index (χ1v) is 6.19. The van der Waals surface area contributed by atoms with Crippen molar-refractivity contribution in [1.29, 1.82) is 0 Å². The van der Waals surface area contributed by atoms with E-state index in [-0.39, 0.29) is 22.7 Å². The fraction of sp³-hybridized carbons (Fsp3) is 0.636. The SMILES string of the molecule is CCCn1ncc(NC2CC(O)C2)c(Cl)c1=O. The van der Waals surface area contributed by atoms with Gasteiger partial charge in [-0.1, -0.05) is 18.5 Å². The first-order valence-electron chi connectivity index (χ1n) is 5.82. The highest BCUT2D eigenvalue weighted by Crippen LogP contribution is 2.25. The van der Waals surface area contributed by atoms with Gasteiger partial charge in [0, 0.05) is 12.6 Å². The van der Waals surface area contributed by atoms with Gasteiger partial charge in [0.1, 0.15) is 5.02 Å². The fourth-order valence-corrected chi connectivity index (χ4v) is 2.06. The highest BCUT2D eigenvalue weighted by atomic mass is 35.5. The van der Waals surface area contributed by atoms with Gasteiger partial charge in [-0.3, -0.25) is 4.79 Å². The lowest BCUT2D eigenvalue weighted by molar-refractivity contribution is 0.0836. The van der Waals surface area contributed by atoms with Crippen molar-refractivity contribution in [3.05, 3.63) is 21.6 Å². The average molecular weight is 258 g/mol. The van der Waals surface area contributed by atoms with E-state index in [0.717, 1.165) is 6.42 Å². The van der Waals surface area contributed by atoms with Gasteiger partial charge >= 0.3 is 0 Å². The molecule has 0 amide bonds. The number of anilines is 1. The molecule has 1 aromatic rings. The Labute approximate surface area is 104 Å². The molecule has 0 radical (unpaired) electrons. The third kappa shape index (κ3) is 2.61. The molecule has 0 unspecified atom stereocenters. The summed E-state index contributed by atoms with van der Waals surface area (Å²) in [5, 5.41) is 16.5. The van der Waals surface area contributed by atoms with Gasteiger partial charge in [0.25, 0.3) is 5.56 Å². The Hall–Kier alpha value is -1.07. The summed E-state index contributed by atoms with van der Waals surface area (Å²) in [4.78, 5) is 11.8. The molecule has 1 heterocycles. The second-order valence-corrected chi connectivity index (χ2v) is 4.74. The maximum atomic E-state index is 11.8. The summed E-state index contributed by atoms with van der Waals surface area (Å²) in [5.74, 6) is 0. The summed E-state index contributed by atoms with van der Waals surface area (Å²) in [7, 11) is 0. The molecule has 0 atom stereocenters. The third-order valence-corrected chi connectivity index (χ3v) is 3.26. The normalized spacial score (nSPS) is 23.2. The van der Waals surface area contributed by atoms with Crippen LogP contribution >= 0.6 is 11.6 Å². The minimum absolute atomic E-state index is 0.176. The van der Waals surface area contributed by atoms with Crippen molar-refractivity contribution in [2.45, 2.75) is 44.9 Å². The van der Waals surface area contributed by atoms with Crippen molar-refractivity contribution in [1.82, 2.24) is 9.78 Å². The van der Waals surface area contributed by atoms with Crippen molar-refractivity contribution >= 4 is 17.3 Å². The zero-order valence-electron chi connectivity index (χ0n) is 9.69. The van der Waals surface area contributed by atoms with Crippen LogP contribution in [0.4, 0.5) is 5.69 Å². The number of aliphatic hydroxyl groups excluding tert-OH is 1. The number of nitrogens with zero attached hydrogens (tertiary/aromatic N) is 2. The standard InChI is InChI=1S/C11H16ClN3O2/c1-2-3-15-11(17)10(12)9(6-13-15)14-7-4-8(16)5-7/h6-8,14,16H,2-5H2,1H3. The van der Waals surface area contributed by atoms with Crippen LogP contribution in [0.3, 0.4) is 0 Å². The molecule has 5 nitrogen and oxygen atoms in total. The molecule has 1 aromatic heterocycles. The molecule has 1 saturated carbocycles. The molecular weight excluding hydrogens is 242 g/mol. The zero-order chi connectivity index (χ0) is 12.4. The van der Waals surface area contributed by atoms with Gasteiger partial charge in [0.15, 0.2) is 0 Å². The van der Waals surface area contributed by atoms with E-state index in [4.69, 9.17) is 11.6 Å². The van der Waals surface area contributed by atoms with Crippen LogP contribution in [0.1, 0.15) is 26.2 Å². The van der Waals surface area contributed by atoms with Crippen LogP contribution in [0.15, 0.2) is 11.0 Å². The van der Waals surface area contributed by atoms with E-state index in [1.807, 2.05) is 6.92 Å². The van der Waals surface area contributed by atoms with Gasteiger partial charge in [-0.2, -0.15) is 5.10 Å². The smallest absolute Gasteiger partial charge is 0.287 e. The van der Waals surface area contributed by atoms with Gasteiger partial charge in [0.2, 0.25) is 0 Å². The average Bonchev–Trinajstić information content (AvgIpc) is 2.26. The molecular formula is C11H16ClN3O2. The summed E-state index contributed by atoms with van der Waals surface area (Å²) < 4.78 is 1.36. The van der Waals surface area contributed by atoms with Crippen LogP contribution in [0.25, 0.3) is 0 Å². The van der Waals surface area contributed by atoms with Crippen LogP contribution < -0.4 is 10.9 Å². The predicted octanol–water partition coefficient (Wildman–Crippen LogP) is 1.24. The maximum absolute atomic E-state index is 11.8. The Bertz CT molecular complexity index is 455. The second-order valence-electron chi connectivity index (χ2n) is 4.37. The van der Waals surface area contributed by atoms with Crippen LogP contribution in [-0.4, -0.2) is 27.0 Å². The number of nitrogens with one attached hydrogen (secondary N) is 1. The fourth-order valence-electron chi connectivity index (χ4n) is 1.86. The van der Waals surface area contributed by atoms with Crippen molar-refractivity contribution < 1.29 is 5.11 Å². The Balaban J connectivity index is 2.13. The lowest BCUT2D eigenvalue weighted by Gasteiger charge is -2.32. The molecule has 0 aliphatic heterocycles. The largest absolute Gasteiger partial charge is 0.393 e. The molecule has 1 aliphatic carbocycles. The molecule has 2 rings (SSSR count). The topological polar surface area (TPSA) is 67.2 Å². The molecule has 17 heavy (non-hydrogen) atoms. The second kappa shape index (κ2) is 5.06. The van der Waals surface area contributed by atoms with Gasteiger partial charge in [0.05, 0.1) is 18.0 Å². The Morgan fingerprint density at radius 3 is 2.94 bits per heavy atom. The molecule has 94 valence electrons. The van der Waals surface area contributed by atoms with Crippen molar-refractivity contribution in [3.8, 4) is 0 Å². The lowest BCUT2D eigenvalue weighted by atomic mass is 9.89. The van der Waals surface area contributed by atoms with Gasteiger partial charge in [-0.05, 0) is 19.3 Å². The number of hydrogen-bond acceptors (Lipinski definition) is 4. The molecule has 0 spiro atoms. The van der Waals surface area contributed by atoms with Crippen molar-refractivity contribution in [3.63, 3.8) is 0 Å². The summed E-state index contributed by atoms with van der Waals surface area (Å²) >= 11 is 6.00. The van der Waals surface area contributed by atoms with E-state index in [1.54, 1.807) is 6.20 Å². The third-order valence-electron chi connectivity index (χ3n) is 2.89. The number of aromatic nitrogens is 2. The van der Waals surface area contributed by atoms with Gasteiger partial charge in [-0.25, -0.2) is 4.68 Å². The lowest BCUT2D eigenvalue weighted by Crippen LogP contribution is -2.39. The van der Waals surface area contributed by atoms with Crippen LogP contribution in [0.2, 0.25) is 5.02 Å². The summed E-state index contributed by atoms with van der Waals surface area (Å²) in [6.45, 7) is 2.55. The van der Waals surface area contributed by atoms with E-state index in [0.29, 0.717) is 25.1 Å². The molecule has 6 heteroatoms. The number of hydrogen-bond donors (Lipinski definition) is 2. The molecule has 1 fully saturated rings. The van der Waals surface area contributed by atoms with E-state index in [9.17, 15) is 9.90 Å². The zero-order valence-corrected chi connectivity index (χ0v) is 10.4. The van der Waals surface area contributed by atoms with Crippen molar-refractivity contribution in [2.24, 2.45) is 0 Å². The van der Waals surface area contributed by atoms with Crippen LogP contribution in [0.5, 0.6) is 0 Å². The first-order chi connectivity index (χ1) is 8.11. The Morgan fingerprint density at radius 1 is 1.65 bits per heavy atom. The number of halogens is 1. The Kier molecular flexibility index (Phi) is 3.69. The summed E-state index contributed by atoms with van der Waals surface area (Å²) in [6.07, 6.45) is 3.55. The van der Waals surface area contributed by atoms with E-state index < -0.39 is 0 Å². The van der Waals surface area contributed by atoms with E-state index >= 15 is 0 Å². The van der Waals surface area contributed by atoms with Gasteiger partial charge in [-0.15, -0.1) is 0 Å². The monoisotopic (exact) mass is 257 g/mol. The predicted molar refractivity (Wildman–Crippen MR) is 66.4 cm³/mol. The van der Waals surface area contributed by atoms with E-state index in [2.05, 4.69) is 10.4 Å². The highest BCUT2D eigenvalue weighted by molar-refractivity contribution is 6.32. The van der Waals surface area contributed by atoms with Crippen molar-refractivity contribution in [2.75, 3.05) is 5.32 Å². The molecule has 0 aromatic carbocycles.